The van der Waals surface area contributed by atoms with Crippen molar-refractivity contribution in [3.63, 3.8) is 0 Å². The Kier molecular flexibility index (Phi) is 11.4. The van der Waals surface area contributed by atoms with Gasteiger partial charge in [0.25, 0.3) is 0 Å². The molecule has 7 nitrogen and oxygen atoms in total. The molecule has 0 saturated carbocycles. The second kappa shape index (κ2) is 13.2. The van der Waals surface area contributed by atoms with Gasteiger partial charge < -0.3 is 15.8 Å². The summed E-state index contributed by atoms with van der Waals surface area (Å²) in [5, 5.41) is 2.98. The fourth-order valence-electron chi connectivity index (χ4n) is 3.03. The summed E-state index contributed by atoms with van der Waals surface area (Å²) in [5.41, 5.74) is 5.89. The molecule has 1 heterocycles. The number of rotatable bonds is 13. The smallest absolute Gasteiger partial charge is 0.421 e. The quantitative estimate of drug-likeness (QED) is 0.456. The van der Waals surface area contributed by atoms with Crippen LogP contribution in [0.1, 0.15) is 97.6 Å². The fraction of sp³-hybridized carbons (Fsp3) is 0.773. The number of ether oxygens (including phenoxy) is 1. The number of aryl methyl sites for hydroxylation is 1. The molecular formula is C22H40N4O3. The number of nitrogens with two attached hydrogens (primary N) is 1. The van der Waals surface area contributed by atoms with Gasteiger partial charge in [-0.05, 0) is 40.0 Å². The number of nitrogen functional groups attached to an aromatic ring is 1. The highest BCUT2D eigenvalue weighted by Gasteiger charge is 2.20. The lowest BCUT2D eigenvalue weighted by molar-refractivity contribution is -0.121. The van der Waals surface area contributed by atoms with Crippen molar-refractivity contribution >= 4 is 17.9 Å². The zero-order chi connectivity index (χ0) is 21.7. The third-order valence-electron chi connectivity index (χ3n) is 4.56. The number of hydrogen-bond donors (Lipinski definition) is 2. The minimum atomic E-state index is -0.596. The second-order valence-electron chi connectivity index (χ2n) is 8.62. The van der Waals surface area contributed by atoms with E-state index in [2.05, 4.69) is 17.2 Å². The first-order valence-corrected chi connectivity index (χ1v) is 11.1. The van der Waals surface area contributed by atoms with E-state index in [1.165, 1.54) is 49.5 Å². The third kappa shape index (κ3) is 11.5. The van der Waals surface area contributed by atoms with Crippen molar-refractivity contribution in [3.8, 4) is 0 Å². The van der Waals surface area contributed by atoms with Gasteiger partial charge in [-0.15, -0.1) is 0 Å². The highest BCUT2D eigenvalue weighted by Crippen LogP contribution is 2.14. The number of imidazole rings is 1. The first-order chi connectivity index (χ1) is 13.7. The van der Waals surface area contributed by atoms with Crippen LogP contribution in [0.3, 0.4) is 0 Å². The lowest BCUT2D eigenvalue weighted by Crippen LogP contribution is -2.27. The van der Waals surface area contributed by atoms with Crippen molar-refractivity contribution in [3.05, 3.63) is 11.9 Å². The molecule has 0 saturated heterocycles. The van der Waals surface area contributed by atoms with Gasteiger partial charge in [-0.2, -0.15) is 0 Å². The van der Waals surface area contributed by atoms with Gasteiger partial charge in [0.15, 0.2) is 0 Å². The average Bonchev–Trinajstić information content (AvgIpc) is 2.99. The van der Waals surface area contributed by atoms with E-state index in [0.29, 0.717) is 25.0 Å². The Morgan fingerprint density at radius 1 is 1.07 bits per heavy atom. The van der Waals surface area contributed by atoms with Crippen LogP contribution in [0.2, 0.25) is 0 Å². The van der Waals surface area contributed by atoms with E-state index >= 15 is 0 Å². The Bertz CT molecular complexity index is 620. The predicted octanol–water partition coefficient (Wildman–Crippen LogP) is 4.83. The van der Waals surface area contributed by atoms with Crippen LogP contribution in [-0.2, 0) is 16.0 Å². The summed E-state index contributed by atoms with van der Waals surface area (Å²) in [4.78, 5) is 28.2. The van der Waals surface area contributed by atoms with Crippen LogP contribution in [0, 0.1) is 0 Å². The standard InChI is InChI=1S/C22H40N4O3/c1-5-6-7-8-9-10-11-12-16-24-19(27)15-13-14-18-17-26(20(23)25-18)21(28)29-22(2,3)4/h17H,5-16H2,1-4H3,(H2,23,25)(H,24,27). The van der Waals surface area contributed by atoms with Gasteiger partial charge in [0.05, 0.1) is 5.69 Å². The van der Waals surface area contributed by atoms with Crippen LogP contribution in [0.15, 0.2) is 6.20 Å². The summed E-state index contributed by atoms with van der Waals surface area (Å²) in [7, 11) is 0. The molecule has 0 unspecified atom stereocenters. The lowest BCUT2D eigenvalue weighted by Gasteiger charge is -2.19. The molecule has 1 aromatic rings. The van der Waals surface area contributed by atoms with Crippen LogP contribution >= 0.6 is 0 Å². The maximum absolute atomic E-state index is 12.1. The van der Waals surface area contributed by atoms with Crippen molar-refractivity contribution in [2.45, 2.75) is 104 Å². The number of amides is 1. The van der Waals surface area contributed by atoms with Crippen LogP contribution in [0.4, 0.5) is 10.7 Å². The number of hydrogen-bond acceptors (Lipinski definition) is 5. The molecule has 0 aromatic carbocycles. The zero-order valence-corrected chi connectivity index (χ0v) is 18.8. The summed E-state index contributed by atoms with van der Waals surface area (Å²) >= 11 is 0. The molecule has 0 radical (unpaired) electrons. The molecule has 0 aliphatic carbocycles. The topological polar surface area (TPSA) is 99.2 Å². The Morgan fingerprint density at radius 3 is 2.31 bits per heavy atom. The van der Waals surface area contributed by atoms with Crippen LogP contribution in [0.5, 0.6) is 0 Å². The SMILES string of the molecule is CCCCCCCCCCNC(=O)CCCc1cn(C(=O)OC(C)(C)C)c(N)n1. The van der Waals surface area contributed by atoms with Gasteiger partial charge in [-0.1, -0.05) is 51.9 Å². The Morgan fingerprint density at radius 2 is 1.69 bits per heavy atom. The van der Waals surface area contributed by atoms with Gasteiger partial charge in [0.1, 0.15) is 5.60 Å². The van der Waals surface area contributed by atoms with E-state index < -0.39 is 11.7 Å². The fourth-order valence-corrected chi connectivity index (χ4v) is 3.03. The molecule has 1 rings (SSSR count). The lowest BCUT2D eigenvalue weighted by atomic mass is 10.1. The number of carbonyl (C=O) groups excluding carboxylic acids is 2. The molecule has 1 aromatic heterocycles. The monoisotopic (exact) mass is 408 g/mol. The highest BCUT2D eigenvalue weighted by atomic mass is 16.6. The van der Waals surface area contributed by atoms with Crippen molar-refractivity contribution in [1.82, 2.24) is 14.9 Å². The summed E-state index contributed by atoms with van der Waals surface area (Å²) in [6, 6.07) is 0. The molecule has 0 spiro atoms. The molecule has 166 valence electrons. The number of anilines is 1. The second-order valence-corrected chi connectivity index (χ2v) is 8.62. The van der Waals surface area contributed by atoms with Crippen molar-refractivity contribution < 1.29 is 14.3 Å². The van der Waals surface area contributed by atoms with Gasteiger partial charge in [0.2, 0.25) is 11.9 Å². The van der Waals surface area contributed by atoms with Gasteiger partial charge in [-0.25, -0.2) is 14.3 Å². The maximum atomic E-state index is 12.1. The molecule has 7 heteroatoms. The predicted molar refractivity (Wildman–Crippen MR) is 117 cm³/mol. The molecule has 0 fully saturated rings. The van der Waals surface area contributed by atoms with Gasteiger partial charge in [0, 0.05) is 19.2 Å². The van der Waals surface area contributed by atoms with Crippen LogP contribution < -0.4 is 11.1 Å². The molecule has 0 atom stereocenters. The average molecular weight is 409 g/mol. The molecule has 3 N–H and O–H groups in total. The van der Waals surface area contributed by atoms with Crippen LogP contribution in [-0.4, -0.2) is 33.7 Å². The summed E-state index contributed by atoms with van der Waals surface area (Å²) in [6.45, 7) is 8.37. The molecular weight excluding hydrogens is 368 g/mol. The van der Waals surface area contributed by atoms with Crippen molar-refractivity contribution in [2.24, 2.45) is 0 Å². The van der Waals surface area contributed by atoms with Crippen molar-refractivity contribution in [2.75, 3.05) is 12.3 Å². The maximum Gasteiger partial charge on any atom is 0.421 e. The van der Waals surface area contributed by atoms with E-state index in [-0.39, 0.29) is 11.9 Å². The van der Waals surface area contributed by atoms with E-state index in [9.17, 15) is 9.59 Å². The van der Waals surface area contributed by atoms with Crippen molar-refractivity contribution in [1.29, 1.82) is 0 Å². The van der Waals surface area contributed by atoms with Gasteiger partial charge >= 0.3 is 6.09 Å². The minimum absolute atomic E-state index is 0.0625. The van der Waals surface area contributed by atoms with Gasteiger partial charge in [-0.3, -0.25) is 4.79 Å². The van der Waals surface area contributed by atoms with E-state index in [1.807, 2.05) is 0 Å². The number of aromatic nitrogens is 2. The first kappa shape index (κ1) is 25.0. The summed E-state index contributed by atoms with van der Waals surface area (Å²) in [5.74, 6) is 0.167. The number of nitrogens with zero attached hydrogens (tertiary/aromatic N) is 2. The molecule has 0 bridgehead atoms. The molecule has 0 aliphatic heterocycles. The molecule has 1 amide bonds. The molecule has 0 aliphatic rings. The summed E-state index contributed by atoms with van der Waals surface area (Å²) in [6.07, 6.45) is 12.8. The minimum Gasteiger partial charge on any atom is -0.443 e. The van der Waals surface area contributed by atoms with E-state index in [1.54, 1.807) is 27.0 Å². The largest absolute Gasteiger partial charge is 0.443 e. The number of unbranched alkanes of at least 4 members (excludes halogenated alkanes) is 7. The summed E-state index contributed by atoms with van der Waals surface area (Å²) < 4.78 is 6.51. The van der Waals surface area contributed by atoms with E-state index in [4.69, 9.17) is 10.5 Å². The first-order valence-electron chi connectivity index (χ1n) is 11.1. The Labute approximate surface area is 175 Å². The number of nitrogens with one attached hydrogen (secondary N) is 1. The molecule has 29 heavy (non-hydrogen) atoms. The Balaban J connectivity index is 2.17. The van der Waals surface area contributed by atoms with E-state index in [0.717, 1.165) is 13.0 Å². The normalized spacial score (nSPS) is 11.4. The highest BCUT2D eigenvalue weighted by molar-refractivity contribution is 5.76. The third-order valence-corrected chi connectivity index (χ3v) is 4.56. The number of carbonyl (C=O) groups is 2. The van der Waals surface area contributed by atoms with Crippen LogP contribution in [0.25, 0.3) is 0 Å². The Hall–Kier alpha value is -2.05. The zero-order valence-electron chi connectivity index (χ0n) is 18.8.